The zero-order valence-corrected chi connectivity index (χ0v) is 12.3. The molecular weight excluding hydrogens is 291 g/mol. The molecule has 108 valence electrons. The molecule has 4 nitrogen and oxygen atoms in total. The van der Waals surface area contributed by atoms with Gasteiger partial charge in [-0.1, -0.05) is 31.4 Å². The van der Waals surface area contributed by atoms with Crippen LogP contribution in [0.15, 0.2) is 23.1 Å². The van der Waals surface area contributed by atoms with Gasteiger partial charge in [0.15, 0.2) is 0 Å². The van der Waals surface area contributed by atoms with Gasteiger partial charge in [-0.25, -0.2) is 17.5 Å². The molecule has 0 amide bonds. The van der Waals surface area contributed by atoms with Gasteiger partial charge in [0, 0.05) is 12.6 Å². The van der Waals surface area contributed by atoms with Crippen LogP contribution in [-0.4, -0.2) is 21.0 Å². The SMILES string of the molecule is CCCCC(CN)NS(=O)(=O)c1ccc(F)c(Cl)c1. The molecule has 0 fully saturated rings. The van der Waals surface area contributed by atoms with Crippen molar-refractivity contribution in [3.8, 4) is 0 Å². The van der Waals surface area contributed by atoms with Gasteiger partial charge in [-0.15, -0.1) is 0 Å². The third-order valence-corrected chi connectivity index (χ3v) is 4.52. The molecule has 1 aromatic rings. The van der Waals surface area contributed by atoms with E-state index >= 15 is 0 Å². The van der Waals surface area contributed by atoms with Crippen molar-refractivity contribution >= 4 is 21.6 Å². The Bertz CT molecular complexity index is 522. The molecule has 1 rings (SSSR count). The zero-order chi connectivity index (χ0) is 14.5. The highest BCUT2D eigenvalue weighted by Crippen LogP contribution is 2.19. The maximum Gasteiger partial charge on any atom is 0.240 e. The van der Waals surface area contributed by atoms with E-state index in [9.17, 15) is 12.8 Å². The number of hydrogen-bond donors (Lipinski definition) is 2. The van der Waals surface area contributed by atoms with E-state index in [1.165, 1.54) is 6.07 Å². The van der Waals surface area contributed by atoms with E-state index in [2.05, 4.69) is 4.72 Å². The molecule has 0 radical (unpaired) electrons. The molecule has 0 aliphatic carbocycles. The lowest BCUT2D eigenvalue weighted by molar-refractivity contribution is 0.516. The lowest BCUT2D eigenvalue weighted by Gasteiger charge is -2.16. The smallest absolute Gasteiger partial charge is 0.240 e. The molecule has 1 atom stereocenters. The van der Waals surface area contributed by atoms with Gasteiger partial charge < -0.3 is 5.73 Å². The largest absolute Gasteiger partial charge is 0.329 e. The van der Waals surface area contributed by atoms with Crippen LogP contribution in [0.3, 0.4) is 0 Å². The quantitative estimate of drug-likeness (QED) is 0.811. The Hall–Kier alpha value is -0.690. The maximum absolute atomic E-state index is 13.0. The predicted octanol–water partition coefficient (Wildman–Crippen LogP) is 2.27. The van der Waals surface area contributed by atoms with Crippen molar-refractivity contribution < 1.29 is 12.8 Å². The highest BCUT2D eigenvalue weighted by atomic mass is 35.5. The number of sulfonamides is 1. The summed E-state index contributed by atoms with van der Waals surface area (Å²) in [6.45, 7) is 2.23. The first kappa shape index (κ1) is 16.4. The fourth-order valence-electron chi connectivity index (χ4n) is 1.61. The minimum Gasteiger partial charge on any atom is -0.329 e. The third-order valence-electron chi connectivity index (χ3n) is 2.71. The molecule has 0 spiro atoms. The van der Waals surface area contributed by atoms with Crippen LogP contribution in [0.1, 0.15) is 26.2 Å². The normalized spacial score (nSPS) is 13.5. The number of unbranched alkanes of at least 4 members (excludes halogenated alkanes) is 1. The number of nitrogens with two attached hydrogens (primary N) is 1. The second kappa shape index (κ2) is 7.19. The summed E-state index contributed by atoms with van der Waals surface area (Å²) in [6, 6.07) is 2.97. The van der Waals surface area contributed by atoms with Gasteiger partial charge >= 0.3 is 0 Å². The highest BCUT2D eigenvalue weighted by Gasteiger charge is 2.19. The first-order valence-electron chi connectivity index (χ1n) is 6.08. The molecule has 0 saturated heterocycles. The minimum atomic E-state index is -3.72. The Morgan fingerprint density at radius 1 is 1.47 bits per heavy atom. The van der Waals surface area contributed by atoms with Gasteiger partial charge in [0.2, 0.25) is 10.0 Å². The number of rotatable bonds is 7. The molecule has 0 aliphatic rings. The number of benzene rings is 1. The van der Waals surface area contributed by atoms with Crippen LogP contribution in [0.2, 0.25) is 5.02 Å². The molecule has 0 aromatic heterocycles. The Kier molecular flexibility index (Phi) is 6.19. The Balaban J connectivity index is 2.87. The summed E-state index contributed by atoms with van der Waals surface area (Å²) in [7, 11) is -3.72. The fraction of sp³-hybridized carbons (Fsp3) is 0.500. The average molecular weight is 309 g/mol. The highest BCUT2D eigenvalue weighted by molar-refractivity contribution is 7.89. The lowest BCUT2D eigenvalue weighted by Crippen LogP contribution is -2.40. The molecule has 19 heavy (non-hydrogen) atoms. The van der Waals surface area contributed by atoms with Crippen LogP contribution in [0.4, 0.5) is 4.39 Å². The van der Waals surface area contributed by atoms with Gasteiger partial charge in [0.05, 0.1) is 9.92 Å². The van der Waals surface area contributed by atoms with E-state index in [0.29, 0.717) is 6.42 Å². The molecule has 0 bridgehead atoms. The van der Waals surface area contributed by atoms with Gasteiger partial charge in [0.25, 0.3) is 0 Å². The second-order valence-electron chi connectivity index (χ2n) is 4.27. The number of nitrogens with one attached hydrogen (secondary N) is 1. The van der Waals surface area contributed by atoms with Crippen LogP contribution in [-0.2, 0) is 10.0 Å². The number of halogens is 2. The van der Waals surface area contributed by atoms with Crippen molar-refractivity contribution in [3.63, 3.8) is 0 Å². The Morgan fingerprint density at radius 3 is 2.68 bits per heavy atom. The number of hydrogen-bond acceptors (Lipinski definition) is 3. The first-order valence-corrected chi connectivity index (χ1v) is 7.94. The van der Waals surface area contributed by atoms with E-state index in [1.54, 1.807) is 0 Å². The van der Waals surface area contributed by atoms with Gasteiger partial charge in [-0.2, -0.15) is 0 Å². The van der Waals surface area contributed by atoms with Gasteiger partial charge in [-0.05, 0) is 24.6 Å². The standard InChI is InChI=1S/C12H18ClFN2O2S/c1-2-3-4-9(8-15)16-19(17,18)10-5-6-12(14)11(13)7-10/h5-7,9,16H,2-4,8,15H2,1H3. The lowest BCUT2D eigenvalue weighted by atomic mass is 10.1. The summed E-state index contributed by atoms with van der Waals surface area (Å²) in [5, 5.41) is -0.222. The van der Waals surface area contributed by atoms with Crippen molar-refractivity contribution in [2.24, 2.45) is 5.73 Å². The molecule has 7 heteroatoms. The average Bonchev–Trinajstić information content (AvgIpc) is 2.37. The van der Waals surface area contributed by atoms with E-state index in [-0.39, 0.29) is 22.5 Å². The fourth-order valence-corrected chi connectivity index (χ4v) is 3.16. The summed E-state index contributed by atoms with van der Waals surface area (Å²) in [5.41, 5.74) is 5.54. The molecular formula is C12H18ClFN2O2S. The van der Waals surface area contributed by atoms with Crippen LogP contribution in [0.5, 0.6) is 0 Å². The summed E-state index contributed by atoms with van der Waals surface area (Å²) in [5.74, 6) is -0.651. The minimum absolute atomic E-state index is 0.0613. The molecule has 0 heterocycles. The molecule has 1 aromatic carbocycles. The van der Waals surface area contributed by atoms with E-state index in [1.807, 2.05) is 6.92 Å². The summed E-state index contributed by atoms with van der Waals surface area (Å²) in [4.78, 5) is -0.0613. The van der Waals surface area contributed by atoms with Gasteiger partial charge in [0.1, 0.15) is 5.82 Å². The predicted molar refractivity (Wildman–Crippen MR) is 74.1 cm³/mol. The van der Waals surface area contributed by atoms with E-state index in [4.69, 9.17) is 17.3 Å². The maximum atomic E-state index is 13.0. The molecule has 0 aliphatic heterocycles. The second-order valence-corrected chi connectivity index (χ2v) is 6.39. The first-order chi connectivity index (χ1) is 8.90. The van der Waals surface area contributed by atoms with Crippen molar-refractivity contribution in [1.82, 2.24) is 4.72 Å². The Labute approximate surface area is 118 Å². The summed E-state index contributed by atoms with van der Waals surface area (Å²) in [6.07, 6.45) is 2.51. The summed E-state index contributed by atoms with van der Waals surface area (Å²) >= 11 is 5.58. The van der Waals surface area contributed by atoms with Crippen molar-refractivity contribution in [3.05, 3.63) is 29.0 Å². The van der Waals surface area contributed by atoms with Crippen LogP contribution in [0.25, 0.3) is 0 Å². The van der Waals surface area contributed by atoms with Crippen LogP contribution in [0, 0.1) is 5.82 Å². The van der Waals surface area contributed by atoms with E-state index < -0.39 is 15.8 Å². The van der Waals surface area contributed by atoms with Crippen molar-refractivity contribution in [2.45, 2.75) is 37.1 Å². The van der Waals surface area contributed by atoms with Crippen molar-refractivity contribution in [2.75, 3.05) is 6.54 Å². The molecule has 0 saturated carbocycles. The third kappa shape index (κ3) is 4.72. The van der Waals surface area contributed by atoms with Gasteiger partial charge in [-0.3, -0.25) is 0 Å². The van der Waals surface area contributed by atoms with Crippen LogP contribution < -0.4 is 10.5 Å². The van der Waals surface area contributed by atoms with Crippen molar-refractivity contribution in [1.29, 1.82) is 0 Å². The Morgan fingerprint density at radius 2 is 2.16 bits per heavy atom. The summed E-state index contributed by atoms with van der Waals surface area (Å²) < 4.78 is 39.7. The topological polar surface area (TPSA) is 72.2 Å². The monoisotopic (exact) mass is 308 g/mol. The van der Waals surface area contributed by atoms with Crippen LogP contribution >= 0.6 is 11.6 Å². The molecule has 3 N–H and O–H groups in total. The van der Waals surface area contributed by atoms with E-state index in [0.717, 1.165) is 25.0 Å². The zero-order valence-electron chi connectivity index (χ0n) is 10.7. The molecule has 1 unspecified atom stereocenters.